The molecule has 2 aromatic rings. The molecule has 2 amide bonds. The molecule has 2 N–H and O–H groups in total. The fraction of sp³-hybridized carbons (Fsp3) is 0.200. The van der Waals surface area contributed by atoms with Crippen molar-refractivity contribution in [1.29, 1.82) is 0 Å². The number of nitrogens with one attached hydrogen (secondary N) is 2. The molecule has 1 heterocycles. The molecule has 0 atom stereocenters. The fourth-order valence-corrected chi connectivity index (χ4v) is 2.16. The molecule has 1 saturated carbocycles. The summed E-state index contributed by atoms with van der Waals surface area (Å²) in [5.74, 6) is 0.137. The third-order valence-corrected chi connectivity index (χ3v) is 3.58. The molecule has 108 valence electrons. The molecule has 0 aliphatic heterocycles. The Labute approximate surface area is 129 Å². The van der Waals surface area contributed by atoms with E-state index in [1.165, 1.54) is 0 Å². The molecular formula is C15H13BrN2O3. The van der Waals surface area contributed by atoms with Crippen molar-refractivity contribution in [3.8, 4) is 0 Å². The zero-order valence-corrected chi connectivity index (χ0v) is 12.6. The molecule has 1 fully saturated rings. The van der Waals surface area contributed by atoms with Crippen LogP contribution >= 0.6 is 15.9 Å². The molecule has 21 heavy (non-hydrogen) atoms. The summed E-state index contributed by atoms with van der Waals surface area (Å²) in [6.45, 7) is 0. The number of carbonyl (C=O) groups is 2. The number of hydrogen-bond donors (Lipinski definition) is 2. The normalized spacial score (nSPS) is 13.8. The van der Waals surface area contributed by atoms with Crippen LogP contribution in [0, 0.1) is 5.92 Å². The van der Waals surface area contributed by atoms with Crippen LogP contribution in [0.1, 0.15) is 23.4 Å². The lowest BCUT2D eigenvalue weighted by Gasteiger charge is -2.06. The molecule has 1 aromatic heterocycles. The lowest BCUT2D eigenvalue weighted by molar-refractivity contribution is -0.117. The van der Waals surface area contributed by atoms with Gasteiger partial charge in [0.25, 0.3) is 5.91 Å². The maximum absolute atomic E-state index is 11.9. The predicted octanol–water partition coefficient (Wildman–Crippen LogP) is 3.64. The molecule has 1 aliphatic rings. The van der Waals surface area contributed by atoms with Gasteiger partial charge in [0.15, 0.2) is 10.4 Å². The maximum Gasteiger partial charge on any atom is 0.291 e. The Morgan fingerprint density at radius 2 is 1.62 bits per heavy atom. The Kier molecular flexibility index (Phi) is 3.79. The van der Waals surface area contributed by atoms with Crippen molar-refractivity contribution in [2.75, 3.05) is 10.6 Å². The van der Waals surface area contributed by atoms with E-state index in [1.54, 1.807) is 36.4 Å². The van der Waals surface area contributed by atoms with Gasteiger partial charge in [-0.25, -0.2) is 0 Å². The van der Waals surface area contributed by atoms with E-state index >= 15 is 0 Å². The highest BCUT2D eigenvalue weighted by Gasteiger charge is 2.29. The Hall–Kier alpha value is -2.08. The molecule has 0 saturated heterocycles. The largest absolute Gasteiger partial charge is 0.444 e. The zero-order chi connectivity index (χ0) is 14.8. The summed E-state index contributed by atoms with van der Waals surface area (Å²) < 4.78 is 5.68. The van der Waals surface area contributed by atoms with Gasteiger partial charge in [0.1, 0.15) is 0 Å². The second kappa shape index (κ2) is 5.73. The first-order chi connectivity index (χ1) is 10.1. The molecule has 1 aromatic carbocycles. The topological polar surface area (TPSA) is 71.3 Å². The third-order valence-electron chi connectivity index (χ3n) is 3.16. The predicted molar refractivity (Wildman–Crippen MR) is 82.2 cm³/mol. The van der Waals surface area contributed by atoms with E-state index in [4.69, 9.17) is 4.42 Å². The van der Waals surface area contributed by atoms with E-state index in [0.717, 1.165) is 18.5 Å². The molecule has 0 spiro atoms. The van der Waals surface area contributed by atoms with Crippen LogP contribution in [0.3, 0.4) is 0 Å². The van der Waals surface area contributed by atoms with Crippen LogP contribution in [0.4, 0.5) is 11.4 Å². The smallest absolute Gasteiger partial charge is 0.291 e. The van der Waals surface area contributed by atoms with E-state index in [1.807, 2.05) is 0 Å². The number of rotatable bonds is 4. The minimum atomic E-state index is -0.324. The van der Waals surface area contributed by atoms with Gasteiger partial charge < -0.3 is 15.1 Å². The van der Waals surface area contributed by atoms with Gasteiger partial charge in [0, 0.05) is 17.3 Å². The Bertz CT molecular complexity index is 674. The van der Waals surface area contributed by atoms with Gasteiger partial charge in [-0.3, -0.25) is 9.59 Å². The minimum Gasteiger partial charge on any atom is -0.444 e. The highest BCUT2D eigenvalue weighted by atomic mass is 79.9. The first-order valence-electron chi connectivity index (χ1n) is 6.59. The van der Waals surface area contributed by atoms with Gasteiger partial charge in [-0.15, -0.1) is 0 Å². The number of halogens is 1. The van der Waals surface area contributed by atoms with Crippen LogP contribution in [0.25, 0.3) is 0 Å². The summed E-state index contributed by atoms with van der Waals surface area (Å²) in [5.41, 5.74) is 1.36. The minimum absolute atomic E-state index is 0.0622. The number of hydrogen-bond acceptors (Lipinski definition) is 3. The summed E-state index contributed by atoms with van der Waals surface area (Å²) in [6.07, 6.45) is 1.94. The van der Waals surface area contributed by atoms with E-state index in [2.05, 4.69) is 26.6 Å². The van der Waals surface area contributed by atoms with Gasteiger partial charge in [0.2, 0.25) is 5.91 Å². The van der Waals surface area contributed by atoms with Crippen molar-refractivity contribution >= 4 is 39.1 Å². The van der Waals surface area contributed by atoms with E-state index in [-0.39, 0.29) is 23.5 Å². The first kappa shape index (κ1) is 13.9. The fourth-order valence-electron chi connectivity index (χ4n) is 1.86. The third kappa shape index (κ3) is 3.52. The monoisotopic (exact) mass is 348 g/mol. The number of anilines is 2. The molecule has 5 nitrogen and oxygen atoms in total. The van der Waals surface area contributed by atoms with Gasteiger partial charge in [0.05, 0.1) is 0 Å². The highest BCUT2D eigenvalue weighted by molar-refractivity contribution is 9.10. The van der Waals surface area contributed by atoms with Crippen LogP contribution in [-0.2, 0) is 4.79 Å². The second-order valence-electron chi connectivity index (χ2n) is 4.90. The van der Waals surface area contributed by atoms with Gasteiger partial charge >= 0.3 is 0 Å². The Morgan fingerprint density at radius 3 is 2.14 bits per heavy atom. The molecular weight excluding hydrogens is 336 g/mol. The van der Waals surface area contributed by atoms with E-state index in [0.29, 0.717) is 10.4 Å². The Balaban J connectivity index is 1.61. The average molecular weight is 349 g/mol. The van der Waals surface area contributed by atoms with Crippen molar-refractivity contribution in [3.63, 3.8) is 0 Å². The van der Waals surface area contributed by atoms with Crippen LogP contribution in [-0.4, -0.2) is 11.8 Å². The van der Waals surface area contributed by atoms with E-state index < -0.39 is 0 Å². The van der Waals surface area contributed by atoms with Crippen molar-refractivity contribution in [3.05, 3.63) is 46.8 Å². The molecule has 0 radical (unpaired) electrons. The van der Waals surface area contributed by atoms with Crippen LogP contribution in [0.15, 0.2) is 45.5 Å². The number of furan rings is 1. The highest BCUT2D eigenvalue weighted by Crippen LogP contribution is 2.30. The lowest BCUT2D eigenvalue weighted by atomic mass is 10.2. The second-order valence-corrected chi connectivity index (χ2v) is 5.68. The molecule has 3 rings (SSSR count). The summed E-state index contributed by atoms with van der Waals surface area (Å²) in [4.78, 5) is 23.5. The summed E-state index contributed by atoms with van der Waals surface area (Å²) in [6, 6.07) is 10.2. The van der Waals surface area contributed by atoms with E-state index in [9.17, 15) is 9.59 Å². The average Bonchev–Trinajstić information content (AvgIpc) is 3.23. The van der Waals surface area contributed by atoms with Crippen LogP contribution < -0.4 is 10.6 Å². The zero-order valence-electron chi connectivity index (χ0n) is 11.1. The summed E-state index contributed by atoms with van der Waals surface area (Å²) in [5, 5.41) is 5.56. The molecule has 0 bridgehead atoms. The SMILES string of the molecule is O=C(Nc1ccc(NC(=O)C2CC2)cc1)c1ccc(Br)o1. The number of benzene rings is 1. The maximum atomic E-state index is 11.9. The van der Waals surface area contributed by atoms with Gasteiger partial charge in [-0.2, -0.15) is 0 Å². The molecule has 6 heteroatoms. The lowest BCUT2D eigenvalue weighted by Crippen LogP contribution is -2.13. The quantitative estimate of drug-likeness (QED) is 0.885. The first-order valence-corrected chi connectivity index (χ1v) is 7.39. The van der Waals surface area contributed by atoms with Gasteiger partial charge in [-0.1, -0.05) is 0 Å². The number of amides is 2. The van der Waals surface area contributed by atoms with Crippen molar-refractivity contribution < 1.29 is 14.0 Å². The summed E-state index contributed by atoms with van der Waals surface area (Å²) >= 11 is 3.15. The van der Waals surface area contributed by atoms with Crippen molar-refractivity contribution in [2.24, 2.45) is 5.92 Å². The van der Waals surface area contributed by atoms with Gasteiger partial charge in [-0.05, 0) is 65.2 Å². The molecule has 1 aliphatic carbocycles. The summed E-state index contributed by atoms with van der Waals surface area (Å²) in [7, 11) is 0. The Morgan fingerprint density at radius 1 is 1.00 bits per heavy atom. The van der Waals surface area contributed by atoms with Crippen molar-refractivity contribution in [2.45, 2.75) is 12.8 Å². The van der Waals surface area contributed by atoms with Crippen molar-refractivity contribution in [1.82, 2.24) is 0 Å². The van der Waals surface area contributed by atoms with Crippen LogP contribution in [0.2, 0.25) is 0 Å². The van der Waals surface area contributed by atoms with Crippen LogP contribution in [0.5, 0.6) is 0 Å². The standard InChI is InChI=1S/C15H13BrN2O3/c16-13-8-7-12(21-13)15(20)18-11-5-3-10(4-6-11)17-14(19)9-1-2-9/h3-9H,1-2H2,(H,17,19)(H,18,20). The molecule has 0 unspecified atom stereocenters. The number of carbonyl (C=O) groups excluding carboxylic acids is 2.